The second-order valence-corrected chi connectivity index (χ2v) is 7.91. The number of nitrogens with two attached hydrogens (primary N) is 1. The number of hydrogen-bond donors (Lipinski definition) is 1. The monoisotopic (exact) mass is 296 g/mol. The van der Waals surface area contributed by atoms with Crippen molar-refractivity contribution in [2.75, 3.05) is 12.3 Å². The Kier molecular flexibility index (Phi) is 4.39. The molecule has 5 heteroatoms. The summed E-state index contributed by atoms with van der Waals surface area (Å²) in [6.45, 7) is 6.64. The zero-order chi connectivity index (χ0) is 14.9. The van der Waals surface area contributed by atoms with Gasteiger partial charge < -0.3 is 5.73 Å². The lowest BCUT2D eigenvalue weighted by atomic mass is 10.1. The molecule has 0 aliphatic heterocycles. The fourth-order valence-corrected chi connectivity index (χ4v) is 4.23. The van der Waals surface area contributed by atoms with Crippen molar-refractivity contribution in [3.8, 4) is 0 Å². The van der Waals surface area contributed by atoms with Gasteiger partial charge in [0.1, 0.15) is 0 Å². The Morgan fingerprint density at radius 2 is 2.00 bits per heavy atom. The van der Waals surface area contributed by atoms with Gasteiger partial charge in [-0.25, -0.2) is 8.42 Å². The molecule has 112 valence electrons. The summed E-state index contributed by atoms with van der Waals surface area (Å²) < 4.78 is 27.4. The van der Waals surface area contributed by atoms with Gasteiger partial charge >= 0.3 is 0 Å². The van der Waals surface area contributed by atoms with Crippen LogP contribution in [0.3, 0.4) is 0 Å². The van der Waals surface area contributed by atoms with E-state index in [0.29, 0.717) is 23.0 Å². The zero-order valence-electron chi connectivity index (χ0n) is 12.5. The number of anilines is 1. The van der Waals surface area contributed by atoms with Crippen LogP contribution in [0, 0.1) is 12.8 Å². The summed E-state index contributed by atoms with van der Waals surface area (Å²) in [6, 6.07) is 5.27. The van der Waals surface area contributed by atoms with Crippen LogP contribution < -0.4 is 5.73 Å². The summed E-state index contributed by atoms with van der Waals surface area (Å²) in [5.74, 6) is 0.494. The molecular weight excluding hydrogens is 272 g/mol. The van der Waals surface area contributed by atoms with Crippen LogP contribution in [0.2, 0.25) is 0 Å². The molecule has 4 nitrogen and oxygen atoms in total. The Balaban J connectivity index is 2.32. The standard InChI is InChI=1S/C15H24N2O2S/c1-11(2)8-9-17(14-6-7-14)20(18,19)15-10-13(16)5-4-12(15)3/h4-5,10-11,14H,6-9,16H2,1-3H3. The third kappa shape index (κ3) is 3.33. The molecule has 0 bridgehead atoms. The molecule has 2 N–H and O–H groups in total. The van der Waals surface area contributed by atoms with E-state index in [0.717, 1.165) is 24.8 Å². The van der Waals surface area contributed by atoms with E-state index in [1.165, 1.54) is 0 Å². The predicted molar refractivity (Wildman–Crippen MR) is 82.0 cm³/mol. The Morgan fingerprint density at radius 3 is 2.55 bits per heavy atom. The minimum atomic E-state index is -3.43. The summed E-state index contributed by atoms with van der Waals surface area (Å²) >= 11 is 0. The van der Waals surface area contributed by atoms with Gasteiger partial charge in [0.25, 0.3) is 0 Å². The van der Waals surface area contributed by atoms with Gasteiger partial charge in [-0.3, -0.25) is 0 Å². The van der Waals surface area contributed by atoms with Crippen LogP contribution in [-0.2, 0) is 10.0 Å². The summed E-state index contributed by atoms with van der Waals surface area (Å²) in [5.41, 5.74) is 7.01. The maximum absolute atomic E-state index is 12.9. The van der Waals surface area contributed by atoms with Crippen molar-refractivity contribution in [1.29, 1.82) is 0 Å². The summed E-state index contributed by atoms with van der Waals surface area (Å²) in [4.78, 5) is 0.355. The molecule has 0 saturated heterocycles. The average molecular weight is 296 g/mol. The summed E-state index contributed by atoms with van der Waals surface area (Å²) in [6.07, 6.45) is 2.83. The van der Waals surface area contributed by atoms with E-state index in [4.69, 9.17) is 5.73 Å². The van der Waals surface area contributed by atoms with Gasteiger partial charge in [-0.1, -0.05) is 19.9 Å². The molecule has 0 atom stereocenters. The van der Waals surface area contributed by atoms with E-state index in [1.807, 2.05) is 6.92 Å². The van der Waals surface area contributed by atoms with E-state index < -0.39 is 10.0 Å². The number of nitrogens with zero attached hydrogens (tertiary/aromatic N) is 1. The van der Waals surface area contributed by atoms with Gasteiger partial charge in [-0.05, 0) is 49.8 Å². The molecule has 0 amide bonds. The first-order valence-corrected chi connectivity index (χ1v) is 8.64. The van der Waals surface area contributed by atoms with Crippen molar-refractivity contribution in [1.82, 2.24) is 4.31 Å². The average Bonchev–Trinajstić information content (AvgIpc) is 3.16. The topological polar surface area (TPSA) is 63.4 Å². The molecule has 1 aliphatic carbocycles. The highest BCUT2D eigenvalue weighted by atomic mass is 32.2. The first-order valence-electron chi connectivity index (χ1n) is 7.20. The van der Waals surface area contributed by atoms with Crippen LogP contribution in [0.5, 0.6) is 0 Å². The lowest BCUT2D eigenvalue weighted by Crippen LogP contribution is -2.35. The number of hydrogen-bond acceptors (Lipinski definition) is 3. The molecule has 0 heterocycles. The van der Waals surface area contributed by atoms with Crippen LogP contribution in [-0.4, -0.2) is 25.3 Å². The smallest absolute Gasteiger partial charge is 0.243 e. The summed E-state index contributed by atoms with van der Waals surface area (Å²) in [7, 11) is -3.43. The highest BCUT2D eigenvalue weighted by Gasteiger charge is 2.38. The first-order chi connectivity index (χ1) is 9.32. The van der Waals surface area contributed by atoms with Crippen molar-refractivity contribution < 1.29 is 8.42 Å². The number of aryl methyl sites for hydroxylation is 1. The molecule has 1 aromatic rings. The van der Waals surface area contributed by atoms with E-state index in [-0.39, 0.29) is 6.04 Å². The Labute approximate surface area is 122 Å². The van der Waals surface area contributed by atoms with Crippen LogP contribution in [0.25, 0.3) is 0 Å². The number of rotatable bonds is 6. The van der Waals surface area contributed by atoms with Gasteiger partial charge in [0.05, 0.1) is 4.90 Å². The molecule has 0 unspecified atom stereocenters. The van der Waals surface area contributed by atoms with Crippen molar-refractivity contribution in [2.24, 2.45) is 5.92 Å². The van der Waals surface area contributed by atoms with E-state index in [1.54, 1.807) is 22.5 Å². The molecule has 1 fully saturated rings. The lowest BCUT2D eigenvalue weighted by Gasteiger charge is -2.24. The molecule has 0 aromatic heterocycles. The van der Waals surface area contributed by atoms with Gasteiger partial charge in [-0.2, -0.15) is 4.31 Å². The maximum atomic E-state index is 12.9. The van der Waals surface area contributed by atoms with Gasteiger partial charge in [0.2, 0.25) is 10.0 Å². The van der Waals surface area contributed by atoms with E-state index in [9.17, 15) is 8.42 Å². The lowest BCUT2D eigenvalue weighted by molar-refractivity contribution is 0.373. The van der Waals surface area contributed by atoms with Crippen molar-refractivity contribution in [3.63, 3.8) is 0 Å². The Morgan fingerprint density at radius 1 is 1.35 bits per heavy atom. The zero-order valence-corrected chi connectivity index (χ0v) is 13.3. The highest BCUT2D eigenvalue weighted by Crippen LogP contribution is 2.34. The minimum Gasteiger partial charge on any atom is -0.399 e. The first kappa shape index (κ1) is 15.3. The molecule has 1 aromatic carbocycles. The molecule has 20 heavy (non-hydrogen) atoms. The largest absolute Gasteiger partial charge is 0.399 e. The second-order valence-electron chi connectivity index (χ2n) is 6.05. The fraction of sp³-hybridized carbons (Fsp3) is 0.600. The van der Waals surface area contributed by atoms with Crippen molar-refractivity contribution in [2.45, 2.75) is 51.0 Å². The Bertz CT molecular complexity index is 578. The number of sulfonamides is 1. The molecule has 1 aliphatic rings. The number of nitrogen functional groups attached to an aromatic ring is 1. The second kappa shape index (κ2) is 5.74. The number of benzene rings is 1. The molecular formula is C15H24N2O2S. The van der Waals surface area contributed by atoms with Crippen molar-refractivity contribution >= 4 is 15.7 Å². The van der Waals surface area contributed by atoms with Crippen LogP contribution >= 0.6 is 0 Å². The van der Waals surface area contributed by atoms with Crippen LogP contribution in [0.15, 0.2) is 23.1 Å². The van der Waals surface area contributed by atoms with Crippen molar-refractivity contribution in [3.05, 3.63) is 23.8 Å². The normalized spacial score (nSPS) is 16.1. The Hall–Kier alpha value is -1.07. The highest BCUT2D eigenvalue weighted by molar-refractivity contribution is 7.89. The van der Waals surface area contributed by atoms with Gasteiger partial charge in [0, 0.05) is 18.3 Å². The summed E-state index contributed by atoms with van der Waals surface area (Å²) in [5, 5.41) is 0. The van der Waals surface area contributed by atoms with E-state index >= 15 is 0 Å². The molecule has 0 radical (unpaired) electrons. The van der Waals surface area contributed by atoms with Gasteiger partial charge in [0.15, 0.2) is 0 Å². The molecule has 2 rings (SSSR count). The van der Waals surface area contributed by atoms with E-state index in [2.05, 4.69) is 13.8 Å². The molecule has 0 spiro atoms. The quantitative estimate of drug-likeness (QED) is 0.821. The third-order valence-electron chi connectivity index (χ3n) is 3.68. The van der Waals surface area contributed by atoms with Crippen LogP contribution in [0.1, 0.15) is 38.7 Å². The minimum absolute atomic E-state index is 0.180. The van der Waals surface area contributed by atoms with Crippen LogP contribution in [0.4, 0.5) is 5.69 Å². The third-order valence-corrected chi connectivity index (χ3v) is 5.77. The SMILES string of the molecule is Cc1ccc(N)cc1S(=O)(=O)N(CCC(C)C)C1CC1. The molecule has 1 saturated carbocycles. The van der Waals surface area contributed by atoms with Gasteiger partial charge in [-0.15, -0.1) is 0 Å². The predicted octanol–water partition coefficient (Wildman–Crippen LogP) is 2.78. The fourth-order valence-electron chi connectivity index (χ4n) is 2.27. The maximum Gasteiger partial charge on any atom is 0.243 e.